The maximum absolute atomic E-state index is 13.5. The lowest BCUT2D eigenvalue weighted by Gasteiger charge is -2.32. The van der Waals surface area contributed by atoms with Crippen molar-refractivity contribution in [2.75, 3.05) is 0 Å². The first-order chi connectivity index (χ1) is 14.0. The standard InChI is InChI=1S/C22H27BN2O4S.CH4/c1-7-16-14-18-19(23-28-21(3,4)22(5,6)29-23)12-13-24-20(18)25(16)30(26,27)17-10-8-15(2)9-11-17;/h8-14H,7H2,1-6H3;1H4. The molecule has 0 radical (unpaired) electrons. The second-order valence-electron chi connectivity index (χ2n) is 8.80. The number of aromatic nitrogens is 2. The number of hydrogen-bond donors (Lipinski definition) is 0. The molecular weight excluding hydrogens is 411 g/mol. The molecule has 1 aromatic carbocycles. The monoisotopic (exact) mass is 442 g/mol. The van der Waals surface area contributed by atoms with E-state index in [2.05, 4.69) is 4.98 Å². The molecule has 8 heteroatoms. The number of aryl methyl sites for hydroxylation is 2. The summed E-state index contributed by atoms with van der Waals surface area (Å²) < 4.78 is 40.8. The quantitative estimate of drug-likeness (QED) is 0.570. The molecule has 0 aliphatic carbocycles. The summed E-state index contributed by atoms with van der Waals surface area (Å²) in [5, 5.41) is 0.725. The van der Waals surface area contributed by atoms with Crippen LogP contribution in [0.5, 0.6) is 0 Å². The minimum atomic E-state index is -3.80. The van der Waals surface area contributed by atoms with Crippen LogP contribution in [0.1, 0.15) is 53.3 Å². The first-order valence-corrected chi connectivity index (χ1v) is 11.6. The minimum absolute atomic E-state index is 0. The molecule has 3 aromatic rings. The summed E-state index contributed by atoms with van der Waals surface area (Å²) in [7, 11) is -4.39. The number of hydrogen-bond acceptors (Lipinski definition) is 5. The van der Waals surface area contributed by atoms with Crippen molar-refractivity contribution in [3.8, 4) is 0 Å². The van der Waals surface area contributed by atoms with Gasteiger partial charge >= 0.3 is 7.12 Å². The summed E-state index contributed by atoms with van der Waals surface area (Å²) in [6.07, 6.45) is 2.16. The highest BCUT2D eigenvalue weighted by Crippen LogP contribution is 2.37. The zero-order chi connectivity index (χ0) is 21.9. The Morgan fingerprint density at radius 3 is 2.16 bits per heavy atom. The van der Waals surface area contributed by atoms with E-state index in [4.69, 9.17) is 9.31 Å². The Hall–Kier alpha value is -2.16. The highest BCUT2D eigenvalue weighted by molar-refractivity contribution is 7.90. The van der Waals surface area contributed by atoms with Gasteiger partial charge in [0.1, 0.15) is 0 Å². The fourth-order valence-electron chi connectivity index (χ4n) is 3.65. The molecule has 0 unspecified atom stereocenters. The van der Waals surface area contributed by atoms with Gasteiger partial charge in [-0.3, -0.25) is 0 Å². The molecule has 3 heterocycles. The molecule has 0 atom stereocenters. The van der Waals surface area contributed by atoms with E-state index < -0.39 is 28.3 Å². The van der Waals surface area contributed by atoms with Crippen LogP contribution in [0, 0.1) is 6.92 Å². The van der Waals surface area contributed by atoms with Gasteiger partial charge in [-0.25, -0.2) is 17.4 Å². The van der Waals surface area contributed by atoms with Gasteiger partial charge in [-0.2, -0.15) is 0 Å². The van der Waals surface area contributed by atoms with Crippen molar-refractivity contribution in [2.24, 2.45) is 0 Å². The third kappa shape index (κ3) is 3.71. The summed E-state index contributed by atoms with van der Waals surface area (Å²) in [5.41, 5.74) is 1.87. The zero-order valence-electron chi connectivity index (χ0n) is 18.3. The van der Waals surface area contributed by atoms with Crippen molar-refractivity contribution in [3.05, 3.63) is 53.9 Å². The fraction of sp³-hybridized carbons (Fsp3) is 0.435. The van der Waals surface area contributed by atoms with Crippen LogP contribution in [-0.4, -0.2) is 35.7 Å². The van der Waals surface area contributed by atoms with Gasteiger partial charge in [0.25, 0.3) is 10.0 Å². The van der Waals surface area contributed by atoms with Gasteiger partial charge in [-0.1, -0.05) is 32.0 Å². The Morgan fingerprint density at radius 2 is 1.61 bits per heavy atom. The minimum Gasteiger partial charge on any atom is -0.399 e. The largest absolute Gasteiger partial charge is 0.495 e. The Kier molecular flexibility index (Phi) is 5.89. The predicted octanol–water partition coefficient (Wildman–Crippen LogP) is 4.08. The van der Waals surface area contributed by atoms with Crippen molar-refractivity contribution >= 4 is 33.6 Å². The molecule has 1 aliphatic rings. The van der Waals surface area contributed by atoms with Crippen molar-refractivity contribution < 1.29 is 17.7 Å². The lowest BCUT2D eigenvalue weighted by Crippen LogP contribution is -2.41. The van der Waals surface area contributed by atoms with E-state index >= 15 is 0 Å². The Bertz CT molecular complexity index is 1200. The van der Waals surface area contributed by atoms with Crippen LogP contribution in [0.25, 0.3) is 11.0 Å². The molecule has 4 rings (SSSR count). The molecule has 6 nitrogen and oxygen atoms in total. The van der Waals surface area contributed by atoms with Crippen molar-refractivity contribution in [3.63, 3.8) is 0 Å². The molecule has 0 saturated carbocycles. The maximum Gasteiger partial charge on any atom is 0.495 e. The smallest absolute Gasteiger partial charge is 0.399 e. The predicted molar refractivity (Wildman–Crippen MR) is 125 cm³/mol. The second kappa shape index (κ2) is 7.76. The summed E-state index contributed by atoms with van der Waals surface area (Å²) in [6, 6.07) is 10.6. The van der Waals surface area contributed by atoms with Crippen LogP contribution in [0.4, 0.5) is 0 Å². The number of rotatable bonds is 4. The van der Waals surface area contributed by atoms with Gasteiger partial charge in [0.15, 0.2) is 5.65 Å². The van der Waals surface area contributed by atoms with Crippen LogP contribution >= 0.6 is 0 Å². The zero-order valence-corrected chi connectivity index (χ0v) is 19.1. The molecular formula is C23H31BN2O4S. The normalized spacial score (nSPS) is 17.7. The summed E-state index contributed by atoms with van der Waals surface area (Å²) >= 11 is 0. The SMILES string of the molecule is C.CCc1cc2c(B3OC(C)(C)C(C)(C)O3)ccnc2n1S(=O)(=O)c1ccc(C)cc1. The van der Waals surface area contributed by atoms with E-state index in [9.17, 15) is 8.42 Å². The number of fused-ring (bicyclic) bond motifs is 1. The van der Waals surface area contributed by atoms with Crippen LogP contribution < -0.4 is 5.46 Å². The van der Waals surface area contributed by atoms with E-state index in [1.54, 1.807) is 30.5 Å². The van der Waals surface area contributed by atoms with Crippen LogP contribution in [0.15, 0.2) is 47.5 Å². The third-order valence-corrected chi connectivity index (χ3v) is 7.95. The Balaban J connectivity index is 0.00000272. The van der Waals surface area contributed by atoms with Crippen LogP contribution in [0.3, 0.4) is 0 Å². The fourth-order valence-corrected chi connectivity index (χ4v) is 5.21. The molecule has 0 spiro atoms. The second-order valence-corrected chi connectivity index (χ2v) is 10.6. The molecule has 0 bridgehead atoms. The lowest BCUT2D eigenvalue weighted by atomic mass is 9.78. The molecule has 0 N–H and O–H groups in total. The lowest BCUT2D eigenvalue weighted by molar-refractivity contribution is 0.00578. The topological polar surface area (TPSA) is 70.4 Å². The van der Waals surface area contributed by atoms with E-state index in [0.29, 0.717) is 17.8 Å². The Labute approximate surface area is 185 Å². The molecule has 166 valence electrons. The molecule has 1 aliphatic heterocycles. The van der Waals surface area contributed by atoms with E-state index in [1.165, 1.54) is 3.97 Å². The van der Waals surface area contributed by atoms with Crippen LogP contribution in [0.2, 0.25) is 0 Å². The van der Waals surface area contributed by atoms with Crippen molar-refractivity contribution in [2.45, 2.75) is 71.5 Å². The summed E-state index contributed by atoms with van der Waals surface area (Å²) in [4.78, 5) is 4.68. The number of pyridine rings is 1. The highest BCUT2D eigenvalue weighted by atomic mass is 32.2. The van der Waals surface area contributed by atoms with Crippen LogP contribution in [-0.2, 0) is 25.8 Å². The molecule has 0 amide bonds. The van der Waals surface area contributed by atoms with Gasteiger partial charge in [-0.15, -0.1) is 0 Å². The van der Waals surface area contributed by atoms with Crippen molar-refractivity contribution in [1.29, 1.82) is 0 Å². The maximum atomic E-state index is 13.5. The van der Waals surface area contributed by atoms with Gasteiger partial charge in [-0.05, 0) is 70.8 Å². The average Bonchev–Trinajstić information content (AvgIpc) is 3.16. The first kappa shape index (κ1) is 23.5. The van der Waals surface area contributed by atoms with Crippen molar-refractivity contribution in [1.82, 2.24) is 8.96 Å². The van der Waals surface area contributed by atoms with Gasteiger partial charge in [0.05, 0.1) is 16.1 Å². The highest BCUT2D eigenvalue weighted by Gasteiger charge is 2.52. The Morgan fingerprint density at radius 1 is 1.03 bits per heavy atom. The number of benzene rings is 1. The molecule has 31 heavy (non-hydrogen) atoms. The van der Waals surface area contributed by atoms with E-state index in [-0.39, 0.29) is 12.3 Å². The molecule has 1 saturated heterocycles. The summed E-state index contributed by atoms with van der Waals surface area (Å²) in [5.74, 6) is 0. The first-order valence-electron chi connectivity index (χ1n) is 10.1. The van der Waals surface area contributed by atoms with E-state index in [1.807, 2.05) is 53.7 Å². The van der Waals surface area contributed by atoms with Gasteiger partial charge < -0.3 is 9.31 Å². The van der Waals surface area contributed by atoms with Gasteiger partial charge in [0.2, 0.25) is 0 Å². The molecule has 2 aromatic heterocycles. The summed E-state index contributed by atoms with van der Waals surface area (Å²) in [6.45, 7) is 11.8. The van der Waals surface area contributed by atoms with E-state index in [0.717, 1.165) is 16.4 Å². The van der Waals surface area contributed by atoms with Gasteiger partial charge in [0, 0.05) is 17.3 Å². The average molecular weight is 442 g/mol. The molecule has 1 fully saturated rings. The third-order valence-electron chi connectivity index (χ3n) is 6.20. The number of nitrogens with zero attached hydrogens (tertiary/aromatic N) is 2.